The van der Waals surface area contributed by atoms with Crippen LogP contribution >= 0.6 is 0 Å². The second-order valence-electron chi connectivity index (χ2n) is 7.93. The number of carboxylic acids is 3. The van der Waals surface area contributed by atoms with Crippen LogP contribution in [0.5, 0.6) is 0 Å². The molecule has 2 atom stereocenters. The summed E-state index contributed by atoms with van der Waals surface area (Å²) in [6.07, 6.45) is 14.1. The standard InChI is InChI=1S/C22H41NO6/c1-2-3-4-5-6-7-8-9-10-11-12-13-18(21(26)27)16-17-23-19(22(28)29)14-15-20(24)25/h18-19,23H,2-17H2,1H3,(H,24,25)(H,26,27)(H,28,29). The lowest BCUT2D eigenvalue weighted by Crippen LogP contribution is -2.38. The molecule has 2 unspecified atom stereocenters. The van der Waals surface area contributed by atoms with Crippen molar-refractivity contribution >= 4 is 17.9 Å². The Balaban J connectivity index is 3.85. The summed E-state index contributed by atoms with van der Waals surface area (Å²) in [5.41, 5.74) is 0. The Bertz CT molecular complexity index is 455. The number of carboxylic acid groups (broad SMARTS) is 3. The average Bonchev–Trinajstić information content (AvgIpc) is 2.66. The van der Waals surface area contributed by atoms with Crippen molar-refractivity contribution in [2.24, 2.45) is 5.92 Å². The van der Waals surface area contributed by atoms with Crippen LogP contribution in [-0.4, -0.2) is 45.8 Å². The molecule has 7 nitrogen and oxygen atoms in total. The van der Waals surface area contributed by atoms with Crippen LogP contribution in [0.2, 0.25) is 0 Å². The van der Waals surface area contributed by atoms with E-state index in [9.17, 15) is 19.5 Å². The van der Waals surface area contributed by atoms with E-state index in [-0.39, 0.29) is 19.4 Å². The van der Waals surface area contributed by atoms with Gasteiger partial charge in [-0.2, -0.15) is 0 Å². The minimum Gasteiger partial charge on any atom is -0.481 e. The molecule has 0 aliphatic heterocycles. The van der Waals surface area contributed by atoms with Gasteiger partial charge >= 0.3 is 17.9 Å². The molecule has 0 saturated heterocycles. The van der Waals surface area contributed by atoms with Gasteiger partial charge in [-0.15, -0.1) is 0 Å². The minimum atomic E-state index is -1.11. The number of rotatable bonds is 21. The van der Waals surface area contributed by atoms with Gasteiger partial charge in [0, 0.05) is 6.42 Å². The number of hydrogen-bond acceptors (Lipinski definition) is 4. The van der Waals surface area contributed by atoms with Crippen LogP contribution < -0.4 is 5.32 Å². The van der Waals surface area contributed by atoms with Crippen molar-refractivity contribution in [1.29, 1.82) is 0 Å². The van der Waals surface area contributed by atoms with Crippen LogP contribution in [0.1, 0.15) is 103 Å². The van der Waals surface area contributed by atoms with Crippen molar-refractivity contribution in [2.45, 2.75) is 109 Å². The van der Waals surface area contributed by atoms with E-state index in [0.29, 0.717) is 12.8 Å². The Morgan fingerprint density at radius 1 is 0.690 bits per heavy atom. The maximum Gasteiger partial charge on any atom is 0.320 e. The third-order valence-corrected chi connectivity index (χ3v) is 5.33. The molecular formula is C22H41NO6. The fourth-order valence-corrected chi connectivity index (χ4v) is 3.46. The predicted octanol–water partition coefficient (Wildman–Crippen LogP) is 4.69. The molecule has 7 heteroatoms. The van der Waals surface area contributed by atoms with E-state index >= 15 is 0 Å². The van der Waals surface area contributed by atoms with Gasteiger partial charge in [0.15, 0.2) is 0 Å². The van der Waals surface area contributed by atoms with Crippen LogP contribution in [0.25, 0.3) is 0 Å². The number of carbonyl (C=O) groups is 3. The first kappa shape index (κ1) is 27.4. The molecule has 0 heterocycles. The van der Waals surface area contributed by atoms with E-state index in [1.54, 1.807) is 0 Å². The highest BCUT2D eigenvalue weighted by Gasteiger charge is 2.21. The average molecular weight is 416 g/mol. The molecule has 0 rings (SSSR count). The second kappa shape index (κ2) is 18.4. The number of unbranched alkanes of at least 4 members (excludes halogenated alkanes) is 10. The van der Waals surface area contributed by atoms with Gasteiger partial charge in [0.05, 0.1) is 5.92 Å². The molecule has 0 spiro atoms. The van der Waals surface area contributed by atoms with Crippen LogP contribution in [0.15, 0.2) is 0 Å². The van der Waals surface area contributed by atoms with Crippen molar-refractivity contribution in [1.82, 2.24) is 5.32 Å². The normalized spacial score (nSPS) is 13.1. The van der Waals surface area contributed by atoms with Gasteiger partial charge in [0.2, 0.25) is 0 Å². The van der Waals surface area contributed by atoms with Gasteiger partial charge in [0.1, 0.15) is 6.04 Å². The lowest BCUT2D eigenvalue weighted by Gasteiger charge is -2.16. The van der Waals surface area contributed by atoms with E-state index in [1.807, 2.05) is 0 Å². The molecule has 29 heavy (non-hydrogen) atoms. The van der Waals surface area contributed by atoms with Crippen molar-refractivity contribution in [3.63, 3.8) is 0 Å². The van der Waals surface area contributed by atoms with E-state index < -0.39 is 29.9 Å². The smallest absolute Gasteiger partial charge is 0.320 e. The highest BCUT2D eigenvalue weighted by molar-refractivity contribution is 5.75. The largest absolute Gasteiger partial charge is 0.481 e. The summed E-state index contributed by atoms with van der Waals surface area (Å²) in [5.74, 6) is -3.49. The predicted molar refractivity (Wildman–Crippen MR) is 113 cm³/mol. The Morgan fingerprint density at radius 2 is 1.21 bits per heavy atom. The Kier molecular flexibility index (Phi) is 17.4. The van der Waals surface area contributed by atoms with E-state index in [0.717, 1.165) is 19.3 Å². The fraction of sp³-hybridized carbons (Fsp3) is 0.864. The monoisotopic (exact) mass is 415 g/mol. The third kappa shape index (κ3) is 17.0. The zero-order valence-corrected chi connectivity index (χ0v) is 18.0. The van der Waals surface area contributed by atoms with Crippen molar-refractivity contribution < 1.29 is 29.7 Å². The number of nitrogens with one attached hydrogen (secondary N) is 1. The molecule has 4 N–H and O–H groups in total. The molecule has 170 valence electrons. The molecule has 0 fully saturated rings. The van der Waals surface area contributed by atoms with Crippen LogP contribution in [0.4, 0.5) is 0 Å². The second-order valence-corrected chi connectivity index (χ2v) is 7.93. The van der Waals surface area contributed by atoms with Crippen molar-refractivity contribution in [3.8, 4) is 0 Å². The maximum absolute atomic E-state index is 11.4. The summed E-state index contributed by atoms with van der Waals surface area (Å²) in [6.45, 7) is 2.48. The molecule has 0 aliphatic rings. The maximum atomic E-state index is 11.4. The van der Waals surface area contributed by atoms with E-state index in [2.05, 4.69) is 12.2 Å². The highest BCUT2D eigenvalue weighted by Crippen LogP contribution is 2.16. The van der Waals surface area contributed by atoms with Gasteiger partial charge in [-0.3, -0.25) is 14.4 Å². The topological polar surface area (TPSA) is 124 Å². The molecule has 0 radical (unpaired) electrons. The summed E-state index contributed by atoms with van der Waals surface area (Å²) >= 11 is 0. The zero-order chi connectivity index (χ0) is 21.9. The molecule has 0 aromatic rings. The SMILES string of the molecule is CCCCCCCCCCCCCC(CCNC(CCC(=O)O)C(=O)O)C(=O)O. The molecule has 0 aromatic carbocycles. The summed E-state index contributed by atoms with van der Waals surface area (Å²) in [5, 5.41) is 29.9. The highest BCUT2D eigenvalue weighted by atomic mass is 16.4. The van der Waals surface area contributed by atoms with Crippen LogP contribution in [-0.2, 0) is 14.4 Å². The summed E-state index contributed by atoms with van der Waals surface area (Å²) in [4.78, 5) is 33.1. The van der Waals surface area contributed by atoms with Gasteiger partial charge in [0.25, 0.3) is 0 Å². The van der Waals surface area contributed by atoms with Crippen LogP contribution in [0, 0.1) is 5.92 Å². The Morgan fingerprint density at radius 3 is 1.66 bits per heavy atom. The Hall–Kier alpha value is -1.63. The van der Waals surface area contributed by atoms with Gasteiger partial charge < -0.3 is 20.6 Å². The molecular weight excluding hydrogens is 374 g/mol. The molecule has 0 saturated carbocycles. The molecule has 0 aromatic heterocycles. The van der Waals surface area contributed by atoms with Gasteiger partial charge in [-0.05, 0) is 25.8 Å². The van der Waals surface area contributed by atoms with Crippen molar-refractivity contribution in [2.75, 3.05) is 6.54 Å². The molecule has 0 aliphatic carbocycles. The molecule has 0 bridgehead atoms. The summed E-state index contributed by atoms with van der Waals surface area (Å²) < 4.78 is 0. The first-order chi connectivity index (χ1) is 13.9. The third-order valence-electron chi connectivity index (χ3n) is 5.33. The first-order valence-electron chi connectivity index (χ1n) is 11.3. The van der Waals surface area contributed by atoms with Crippen molar-refractivity contribution in [3.05, 3.63) is 0 Å². The fourth-order valence-electron chi connectivity index (χ4n) is 3.46. The first-order valence-corrected chi connectivity index (χ1v) is 11.3. The van der Waals surface area contributed by atoms with E-state index in [1.165, 1.54) is 51.4 Å². The molecule has 0 amide bonds. The summed E-state index contributed by atoms with van der Waals surface area (Å²) in [6, 6.07) is -0.956. The number of hydrogen-bond donors (Lipinski definition) is 4. The van der Waals surface area contributed by atoms with E-state index in [4.69, 9.17) is 10.2 Å². The summed E-state index contributed by atoms with van der Waals surface area (Å²) in [7, 11) is 0. The quantitative estimate of drug-likeness (QED) is 0.201. The lowest BCUT2D eigenvalue weighted by atomic mass is 9.96. The number of aliphatic carboxylic acids is 3. The Labute approximate surface area is 175 Å². The van der Waals surface area contributed by atoms with Gasteiger partial charge in [-0.1, -0.05) is 77.6 Å². The minimum absolute atomic E-state index is 0.0129. The van der Waals surface area contributed by atoms with Gasteiger partial charge in [-0.25, -0.2) is 0 Å². The lowest BCUT2D eigenvalue weighted by molar-refractivity contribution is -0.142. The zero-order valence-electron chi connectivity index (χ0n) is 18.0. The van der Waals surface area contributed by atoms with Crippen LogP contribution in [0.3, 0.4) is 0 Å².